The van der Waals surface area contributed by atoms with Crippen LogP contribution in [0.25, 0.3) is 0 Å². The van der Waals surface area contributed by atoms with E-state index in [4.69, 9.17) is 0 Å². The molecule has 0 fully saturated rings. The van der Waals surface area contributed by atoms with E-state index in [0.717, 1.165) is 25.7 Å². The maximum Gasteiger partial charge on any atom is 0.362 e. The van der Waals surface area contributed by atoms with Crippen LogP contribution in [0.2, 0.25) is 0 Å². The van der Waals surface area contributed by atoms with Crippen molar-refractivity contribution in [2.45, 2.75) is 102 Å². The van der Waals surface area contributed by atoms with Crippen LogP contribution in [0.5, 0.6) is 0 Å². The number of aliphatic hydroxyl groups is 1. The summed E-state index contributed by atoms with van der Waals surface area (Å²) < 4.78 is 12.1. The van der Waals surface area contributed by atoms with Crippen LogP contribution in [0.1, 0.15) is 96.8 Å². The molecule has 0 saturated carbocycles. The number of nitrogens with zero attached hydrogens (tertiary/aromatic N) is 1. The van der Waals surface area contributed by atoms with Gasteiger partial charge in [-0.2, -0.15) is 0 Å². The van der Waals surface area contributed by atoms with Gasteiger partial charge in [0.05, 0.1) is 21.1 Å². The lowest BCUT2D eigenvalue weighted by molar-refractivity contribution is -0.875. The van der Waals surface area contributed by atoms with Crippen LogP contribution in [0.3, 0.4) is 0 Å². The van der Waals surface area contributed by atoms with Crippen molar-refractivity contribution in [3.63, 3.8) is 0 Å². The van der Waals surface area contributed by atoms with Crippen LogP contribution < -0.4 is 0 Å². The lowest BCUT2D eigenvalue weighted by Gasteiger charge is -2.35. The predicted octanol–water partition coefficient (Wildman–Crippen LogP) is 6.15. The van der Waals surface area contributed by atoms with Gasteiger partial charge < -0.3 is 19.4 Å². The number of likely N-dealkylation sites (N-methyl/N-ethyl adjacent to an activating group) is 1. The Bertz CT molecular complexity index is 522. The Labute approximate surface area is 186 Å². The van der Waals surface area contributed by atoms with Crippen LogP contribution in [0, 0.1) is 0 Å². The van der Waals surface area contributed by atoms with E-state index >= 15 is 0 Å². The predicted molar refractivity (Wildman–Crippen MR) is 128 cm³/mol. The fourth-order valence-corrected chi connectivity index (χ4v) is 4.67. The largest absolute Gasteiger partial charge is 0.373 e. The van der Waals surface area contributed by atoms with Gasteiger partial charge in [0, 0.05) is 0 Å². The van der Waals surface area contributed by atoms with Gasteiger partial charge in [-0.05, 0) is 57.8 Å². The fourth-order valence-electron chi connectivity index (χ4n) is 3.62. The quantitative estimate of drug-likeness (QED) is 0.0962. The first kappa shape index (κ1) is 29.5. The lowest BCUT2D eigenvalue weighted by atomic mass is 10.0. The number of unbranched alkanes of at least 4 members (excludes halogenated alkanes) is 10. The zero-order chi connectivity index (χ0) is 22.9. The van der Waals surface area contributed by atoms with Crippen LogP contribution >= 0.6 is 7.60 Å². The average molecular weight is 447 g/mol. The summed E-state index contributed by atoms with van der Waals surface area (Å²) in [6.45, 7) is 2.26. The number of hydrogen-bond donors (Lipinski definition) is 3. The molecule has 0 bridgehead atoms. The molecule has 1 atom stereocenters. The standard InChI is InChI=1S/C24H48NO4P/c1-5-6-7-8-9-10-11-12-13-14-15-16-17-18-19-20-21-22-24(26,30(27,28)29)23-25(2,3)4/h7-8,13-14,26H,5-6,9-12,15-23H2,1-4H3,(H-,27,28,29)/p+1/b8-7-,14-13-. The molecule has 0 radical (unpaired) electrons. The van der Waals surface area contributed by atoms with E-state index in [0.29, 0.717) is 10.9 Å². The van der Waals surface area contributed by atoms with E-state index in [9.17, 15) is 19.5 Å². The summed E-state index contributed by atoms with van der Waals surface area (Å²) in [4.78, 5) is 19.2. The van der Waals surface area contributed by atoms with Crippen LogP contribution in [-0.4, -0.2) is 52.4 Å². The van der Waals surface area contributed by atoms with E-state index in [2.05, 4.69) is 31.2 Å². The normalized spacial score (nSPS) is 15.3. The molecule has 0 aliphatic carbocycles. The minimum Gasteiger partial charge on any atom is -0.373 e. The van der Waals surface area contributed by atoms with Crippen LogP contribution in [-0.2, 0) is 4.57 Å². The molecule has 0 aliphatic rings. The van der Waals surface area contributed by atoms with Gasteiger partial charge in [-0.1, -0.05) is 63.3 Å². The van der Waals surface area contributed by atoms with Crippen LogP contribution in [0.4, 0.5) is 0 Å². The van der Waals surface area contributed by atoms with Gasteiger partial charge >= 0.3 is 7.60 Å². The van der Waals surface area contributed by atoms with Crippen molar-refractivity contribution in [2.75, 3.05) is 27.7 Å². The van der Waals surface area contributed by atoms with Crippen molar-refractivity contribution >= 4 is 7.60 Å². The molecule has 0 rings (SSSR count). The maximum atomic E-state index is 11.8. The molecule has 30 heavy (non-hydrogen) atoms. The Morgan fingerprint density at radius 3 is 1.57 bits per heavy atom. The molecule has 1 unspecified atom stereocenters. The van der Waals surface area contributed by atoms with Crippen LogP contribution in [0.15, 0.2) is 24.3 Å². The van der Waals surface area contributed by atoms with Gasteiger partial charge in [0.25, 0.3) is 0 Å². The molecular weight excluding hydrogens is 397 g/mol. The second-order valence-corrected chi connectivity index (χ2v) is 11.6. The molecule has 0 aromatic carbocycles. The number of hydrogen-bond acceptors (Lipinski definition) is 2. The third-order valence-corrected chi connectivity index (χ3v) is 6.70. The molecule has 3 N–H and O–H groups in total. The zero-order valence-corrected chi connectivity index (χ0v) is 21.0. The highest BCUT2D eigenvalue weighted by molar-refractivity contribution is 7.53. The Balaban J connectivity index is 3.72. The van der Waals surface area contributed by atoms with E-state index in [1.165, 1.54) is 51.4 Å². The van der Waals surface area contributed by atoms with Gasteiger partial charge in [-0.15, -0.1) is 0 Å². The average Bonchev–Trinajstić information content (AvgIpc) is 2.62. The van der Waals surface area contributed by atoms with Crippen molar-refractivity contribution in [1.29, 1.82) is 0 Å². The summed E-state index contributed by atoms with van der Waals surface area (Å²) in [6.07, 6.45) is 24.0. The Morgan fingerprint density at radius 1 is 0.733 bits per heavy atom. The van der Waals surface area contributed by atoms with Crippen molar-refractivity contribution in [2.24, 2.45) is 0 Å². The third kappa shape index (κ3) is 16.3. The Hall–Kier alpha value is -0.450. The molecule has 0 amide bonds. The Kier molecular flexibility index (Phi) is 16.0. The highest BCUT2D eigenvalue weighted by Crippen LogP contribution is 2.52. The summed E-state index contributed by atoms with van der Waals surface area (Å²) >= 11 is 0. The van der Waals surface area contributed by atoms with E-state index in [-0.39, 0.29) is 13.0 Å². The number of rotatable bonds is 19. The minimum atomic E-state index is -4.55. The van der Waals surface area contributed by atoms with Gasteiger partial charge in [-0.25, -0.2) is 0 Å². The first-order valence-electron chi connectivity index (χ1n) is 11.9. The molecule has 0 spiro atoms. The summed E-state index contributed by atoms with van der Waals surface area (Å²) in [6, 6.07) is 0. The van der Waals surface area contributed by atoms with Gasteiger partial charge in [0.2, 0.25) is 5.34 Å². The molecule has 0 aromatic heterocycles. The van der Waals surface area contributed by atoms with Crippen molar-refractivity contribution < 1.29 is 23.9 Å². The lowest BCUT2D eigenvalue weighted by Crippen LogP contribution is -2.49. The van der Waals surface area contributed by atoms with Crippen molar-refractivity contribution in [1.82, 2.24) is 0 Å². The molecule has 6 heteroatoms. The van der Waals surface area contributed by atoms with Crippen molar-refractivity contribution in [3.8, 4) is 0 Å². The monoisotopic (exact) mass is 446 g/mol. The molecule has 0 heterocycles. The first-order chi connectivity index (χ1) is 14.0. The summed E-state index contributed by atoms with van der Waals surface area (Å²) in [5.41, 5.74) is 0. The number of quaternary nitrogens is 1. The molecule has 0 aromatic rings. The first-order valence-corrected chi connectivity index (χ1v) is 13.5. The Morgan fingerprint density at radius 2 is 1.13 bits per heavy atom. The SMILES string of the molecule is CCC/C=C\CCCC/C=C\CCCCCCCCC(O)(C[N+](C)(C)C)P(=O)(O)O. The molecule has 0 aliphatic heterocycles. The summed E-state index contributed by atoms with van der Waals surface area (Å²) in [5, 5.41) is 8.60. The smallest absolute Gasteiger partial charge is 0.362 e. The molecule has 0 saturated heterocycles. The van der Waals surface area contributed by atoms with E-state index in [1.807, 2.05) is 21.1 Å². The third-order valence-electron chi connectivity index (χ3n) is 5.25. The highest BCUT2D eigenvalue weighted by atomic mass is 31.2. The molecule has 178 valence electrons. The summed E-state index contributed by atoms with van der Waals surface area (Å²) in [7, 11) is 0.957. The van der Waals surface area contributed by atoms with E-state index in [1.54, 1.807) is 0 Å². The topological polar surface area (TPSA) is 77.8 Å². The molecule has 5 nitrogen and oxygen atoms in total. The highest BCUT2D eigenvalue weighted by Gasteiger charge is 2.48. The van der Waals surface area contributed by atoms with Crippen molar-refractivity contribution in [3.05, 3.63) is 24.3 Å². The van der Waals surface area contributed by atoms with E-state index < -0.39 is 12.9 Å². The zero-order valence-electron chi connectivity index (χ0n) is 20.1. The minimum absolute atomic E-state index is 0.0547. The van der Waals surface area contributed by atoms with Gasteiger partial charge in [-0.3, -0.25) is 4.57 Å². The van der Waals surface area contributed by atoms with Gasteiger partial charge in [0.15, 0.2) is 0 Å². The van der Waals surface area contributed by atoms with Gasteiger partial charge in [0.1, 0.15) is 6.54 Å². The number of allylic oxidation sites excluding steroid dienone is 4. The maximum absolute atomic E-state index is 11.8. The molecular formula is C24H49NO4P+. The second kappa shape index (κ2) is 16.2. The second-order valence-electron chi connectivity index (χ2n) is 9.65. The summed E-state index contributed by atoms with van der Waals surface area (Å²) in [5.74, 6) is 0. The fraction of sp³-hybridized carbons (Fsp3) is 0.833.